The van der Waals surface area contributed by atoms with E-state index in [0.29, 0.717) is 54.1 Å². The van der Waals surface area contributed by atoms with Gasteiger partial charge in [-0.25, -0.2) is 39.9 Å². The number of H-pyrrole nitrogens is 1. The number of fused-ring (bicyclic) bond motifs is 4. The molecule has 0 radical (unpaired) electrons. The molecule has 0 spiro atoms. The predicted octanol–water partition coefficient (Wildman–Crippen LogP) is 6.01. The topological polar surface area (TPSA) is 365 Å². The first kappa shape index (κ1) is 98.2. The monoisotopic (exact) mass is 1310 g/mol. The van der Waals surface area contributed by atoms with Crippen molar-refractivity contribution in [3.05, 3.63) is 138 Å². The van der Waals surface area contributed by atoms with E-state index in [1.807, 2.05) is 24.3 Å². The number of aromatic amines is 1. The third-order valence-corrected chi connectivity index (χ3v) is 11.0. The SMILES string of the molecule is C.C.C.C.C.C.C.C.Clc1ccc2ncsc2n1.NCc1ccc2ncsc2n1.Nc1ccc(Cl)[nH]c1=S.Nc1ccc(Cl)nc1.Nc1nc2ccc(Cl)nc2s1.O=CO.O=[S-](=O)[O-].[C-]#[N+]c1ccc2ncsc2n1.[Na+].[Na+].[Na+].[OH-]. The number of nitrogen functional groups attached to an aromatic ring is 3. The summed E-state index contributed by atoms with van der Waals surface area (Å²) in [5, 5.41) is 9.39. The van der Waals surface area contributed by atoms with Crippen LogP contribution in [0.4, 0.5) is 22.3 Å². The fraction of sp³-hybridized carbons (Fsp3) is 0.200. The molecular formula is C45H62Cl4N15Na3O6S6. The van der Waals surface area contributed by atoms with Gasteiger partial charge in [0.2, 0.25) is 4.83 Å². The van der Waals surface area contributed by atoms with Crippen molar-refractivity contribution in [2.75, 3.05) is 17.2 Å². The van der Waals surface area contributed by atoms with E-state index in [4.69, 9.17) is 111 Å². The van der Waals surface area contributed by atoms with Gasteiger partial charge in [-0.2, -0.15) is 11.0 Å². The minimum atomic E-state index is -3.11. The quantitative estimate of drug-likeness (QED) is 0.0160. The Kier molecular flexibility index (Phi) is 67.5. The summed E-state index contributed by atoms with van der Waals surface area (Å²) in [6, 6.07) is 21.1. The van der Waals surface area contributed by atoms with E-state index in [9.17, 15) is 0 Å². The Labute approximate surface area is 571 Å². The fourth-order valence-electron chi connectivity index (χ4n) is 4.09. The van der Waals surface area contributed by atoms with Gasteiger partial charge in [-0.1, -0.05) is 147 Å². The number of aromatic nitrogens is 10. The van der Waals surface area contributed by atoms with Gasteiger partial charge in [-0.15, -0.1) is 27.7 Å². The molecule has 0 fully saturated rings. The molecule has 0 unspecified atom stereocenters. The molecule has 0 aromatic carbocycles. The van der Waals surface area contributed by atoms with Crippen molar-refractivity contribution in [3.63, 3.8) is 0 Å². The number of hydrogen-bond acceptors (Lipinski definition) is 24. The van der Waals surface area contributed by atoms with Gasteiger partial charge in [-0.05, 0) is 72.8 Å². The van der Waals surface area contributed by atoms with E-state index in [1.54, 1.807) is 65.1 Å². The van der Waals surface area contributed by atoms with Gasteiger partial charge >= 0.3 is 88.7 Å². The molecule has 10 aromatic rings. The van der Waals surface area contributed by atoms with Crippen molar-refractivity contribution in [1.29, 1.82) is 0 Å². The Morgan fingerprint density at radius 2 is 1.05 bits per heavy atom. The average Bonchev–Trinajstić information content (AvgIpc) is 4.14. The van der Waals surface area contributed by atoms with Crippen LogP contribution in [0.3, 0.4) is 0 Å². The molecule has 420 valence electrons. The second-order valence-corrected chi connectivity index (χ2v) is 17.2. The van der Waals surface area contributed by atoms with Gasteiger partial charge in [0.05, 0.1) is 45.3 Å². The van der Waals surface area contributed by atoms with E-state index < -0.39 is 11.0 Å². The zero-order valence-corrected chi connectivity index (χ0v) is 50.7. The minimum absolute atomic E-state index is 0. The van der Waals surface area contributed by atoms with Crippen LogP contribution in [0.15, 0.2) is 95.5 Å². The third-order valence-electron chi connectivity index (χ3n) is 6.81. The van der Waals surface area contributed by atoms with Crippen molar-refractivity contribution in [2.24, 2.45) is 5.73 Å². The maximum Gasteiger partial charge on any atom is 1.00 e. The van der Waals surface area contributed by atoms with Crippen LogP contribution in [-0.4, -0.2) is 71.4 Å². The Balaban J connectivity index is -0.0000000859. The Hall–Kier alpha value is -2.97. The number of nitrogens with one attached hydrogen (secondary N) is 1. The minimum Gasteiger partial charge on any atom is -0.917 e. The van der Waals surface area contributed by atoms with Crippen molar-refractivity contribution < 1.29 is 117 Å². The maximum absolute atomic E-state index is 8.44. The van der Waals surface area contributed by atoms with Crippen molar-refractivity contribution in [2.45, 2.75) is 66.0 Å². The number of carbonyl (C=O) groups is 1. The van der Waals surface area contributed by atoms with E-state index in [-0.39, 0.29) is 160 Å². The Morgan fingerprint density at radius 1 is 0.633 bits per heavy atom. The molecule has 34 heteroatoms. The first-order valence-electron chi connectivity index (χ1n) is 17.4. The number of halogens is 4. The molecule has 0 amide bonds. The number of nitrogens with two attached hydrogens (primary N) is 4. The summed E-state index contributed by atoms with van der Waals surface area (Å²) < 4.78 is 25.8. The normalized spacial score (nSPS) is 8.23. The van der Waals surface area contributed by atoms with E-state index >= 15 is 0 Å². The molecule has 10 aromatic heterocycles. The molecule has 79 heavy (non-hydrogen) atoms. The molecule has 0 atom stereocenters. The molecule has 0 aliphatic carbocycles. The molecule has 0 bridgehead atoms. The average molecular weight is 1310 g/mol. The smallest absolute Gasteiger partial charge is 0.917 e. The van der Waals surface area contributed by atoms with Crippen molar-refractivity contribution >= 4 is 185 Å². The molecule has 0 aliphatic rings. The number of pyridine rings is 6. The van der Waals surface area contributed by atoms with Gasteiger partial charge in [-0.3, -0.25) is 4.79 Å². The standard InChI is InChI=1S/C7H3N3S.C7H7N3S.C6H4ClN3S.C6H3ClN2S.C5H5ClN2S.C5H5ClN2.CH2O2.8CH4.3Na.O3S.H2O/c1-8-6-3-2-5-7(10-6)11-4-9-5;8-3-5-1-2-6-7(10-5)11-4-9-6;7-4-2-1-3-5(10-4)11-6(8)9-3;7-5-2-1-4-6(9-5)10-3-8-4;6-4-2-1-3(7)5(9)8-4;6-5-2-1-4(7)3-8-5;2-1-3;;;;;;;;;;;;1-4(2)3;/h2-4H;1-2,4H,3,8H2;1-2H,(H2,8,9);1-3H;1-2H,7H2,(H,8,9);1-3H,7H2;1H,(H,2,3);8*1H4;;;;;1H2/q;;;;;;;;;;;;;;;3*+1;-2;/p-1. The number of nitrogens with zero attached hydrogens (tertiary/aromatic N) is 10. The molecule has 10 heterocycles. The first-order chi connectivity index (χ1) is 32.0. The summed E-state index contributed by atoms with van der Waals surface area (Å²) >= 11 is 32.9. The van der Waals surface area contributed by atoms with Crippen LogP contribution in [-0.2, 0) is 30.7 Å². The summed E-state index contributed by atoms with van der Waals surface area (Å²) in [5.74, 6) is 0.432. The summed E-state index contributed by atoms with van der Waals surface area (Å²) in [6.07, 6.45) is 1.52. The van der Waals surface area contributed by atoms with Gasteiger partial charge in [0, 0.05) is 6.54 Å². The number of carboxylic acid groups (broad SMARTS) is 1. The van der Waals surface area contributed by atoms with Crippen LogP contribution in [0.1, 0.15) is 65.1 Å². The molecule has 0 saturated carbocycles. The summed E-state index contributed by atoms with van der Waals surface area (Å²) in [6.45, 7) is 6.96. The zero-order chi connectivity index (χ0) is 49.3. The Morgan fingerprint density at radius 3 is 1.47 bits per heavy atom. The van der Waals surface area contributed by atoms with Crippen LogP contribution in [0, 0.1) is 11.2 Å². The summed E-state index contributed by atoms with van der Waals surface area (Å²) in [7, 11) is -3.11. The van der Waals surface area contributed by atoms with Crippen LogP contribution in [0.5, 0.6) is 0 Å². The van der Waals surface area contributed by atoms with Crippen LogP contribution in [0.25, 0.3) is 46.2 Å². The summed E-state index contributed by atoms with van der Waals surface area (Å²) in [5.41, 5.74) is 32.5. The number of thiazole rings is 4. The third kappa shape index (κ3) is 38.4. The number of rotatable bonds is 1. The van der Waals surface area contributed by atoms with Gasteiger partial charge in [0.15, 0.2) is 5.13 Å². The fourth-order valence-corrected chi connectivity index (χ4v) is 7.69. The predicted molar refractivity (Wildman–Crippen MR) is 327 cm³/mol. The zero-order valence-electron chi connectivity index (χ0n) is 36.8. The van der Waals surface area contributed by atoms with E-state index in [1.165, 1.54) is 51.5 Å². The van der Waals surface area contributed by atoms with Gasteiger partial charge in [0.1, 0.15) is 56.3 Å². The van der Waals surface area contributed by atoms with Crippen LogP contribution >= 0.6 is 104 Å². The summed E-state index contributed by atoms with van der Waals surface area (Å²) in [4.78, 5) is 54.2. The molecule has 10 rings (SSSR count). The molecular weight excluding hydrogens is 1250 g/mol. The maximum atomic E-state index is 8.44. The second-order valence-electron chi connectivity index (χ2n) is 11.3. The molecule has 0 aliphatic heterocycles. The molecule has 11 N–H and O–H groups in total. The number of hydrogen-bond donors (Lipinski definition) is 6. The van der Waals surface area contributed by atoms with Gasteiger partial charge in [0.25, 0.3) is 12.3 Å². The second kappa shape index (κ2) is 54.3. The largest absolute Gasteiger partial charge is 1.00 e. The molecule has 0 saturated heterocycles. The first-order valence-corrected chi connectivity index (χ1v) is 23.8. The van der Waals surface area contributed by atoms with Crippen LogP contribution < -0.4 is 112 Å². The van der Waals surface area contributed by atoms with E-state index in [0.717, 1.165) is 47.1 Å². The molecule has 21 nitrogen and oxygen atoms in total. The van der Waals surface area contributed by atoms with Crippen molar-refractivity contribution in [1.82, 2.24) is 49.8 Å². The van der Waals surface area contributed by atoms with E-state index in [2.05, 4.69) is 54.7 Å². The Bertz CT molecular complexity index is 3290. The number of anilines is 3. The van der Waals surface area contributed by atoms with Crippen molar-refractivity contribution in [3.8, 4) is 0 Å². The van der Waals surface area contributed by atoms with Crippen LogP contribution in [0.2, 0.25) is 20.6 Å². The van der Waals surface area contributed by atoms with Gasteiger partial charge < -0.3 is 56.3 Å².